The first kappa shape index (κ1) is 11.6. The number of carbonyl (C=O) groups excluding carboxylic acids is 2. The molecule has 1 amide bonds. The first-order valence-corrected chi connectivity index (χ1v) is 4.21. The number of esters is 1. The van der Waals surface area contributed by atoms with Crippen molar-refractivity contribution >= 4 is 17.6 Å². The molecule has 1 aromatic rings. The van der Waals surface area contributed by atoms with Crippen LogP contribution in [0.3, 0.4) is 0 Å². The second-order valence-electron chi connectivity index (χ2n) is 2.82. The van der Waals surface area contributed by atoms with E-state index >= 15 is 0 Å². The highest BCUT2D eigenvalue weighted by Gasteiger charge is 2.20. The van der Waals surface area contributed by atoms with Gasteiger partial charge in [-0.15, -0.1) is 0 Å². The molecule has 0 spiro atoms. The number of para-hydroxylation sites is 1. The number of hydrogen-bond acceptors (Lipinski definition) is 5. The zero-order valence-corrected chi connectivity index (χ0v) is 8.08. The molecule has 0 bridgehead atoms. The van der Waals surface area contributed by atoms with Crippen molar-refractivity contribution in [2.45, 2.75) is 0 Å². The first-order valence-electron chi connectivity index (χ1n) is 4.21. The van der Waals surface area contributed by atoms with Crippen molar-refractivity contribution in [2.24, 2.45) is 5.73 Å². The summed E-state index contributed by atoms with van der Waals surface area (Å²) in [7, 11) is 0. The van der Waals surface area contributed by atoms with Crippen LogP contribution >= 0.6 is 0 Å². The maximum Gasteiger partial charge on any atom is 0.345 e. The Balaban J connectivity index is 2.90. The molecule has 0 aliphatic rings. The van der Waals surface area contributed by atoms with Crippen LogP contribution in [0.25, 0.3) is 0 Å². The van der Waals surface area contributed by atoms with Gasteiger partial charge in [0, 0.05) is 6.07 Å². The smallest absolute Gasteiger partial charge is 0.345 e. The van der Waals surface area contributed by atoms with E-state index in [2.05, 4.69) is 4.74 Å². The van der Waals surface area contributed by atoms with Gasteiger partial charge in [-0.3, -0.25) is 14.9 Å². The predicted octanol–water partition coefficient (Wildman–Crippen LogP) is 0.237. The van der Waals surface area contributed by atoms with Crippen LogP contribution in [-0.2, 0) is 9.53 Å². The predicted molar refractivity (Wildman–Crippen MR) is 52.6 cm³/mol. The SMILES string of the molecule is NC(=O)COC(=O)c1ccccc1[N+](=O)[O-]. The first-order chi connectivity index (χ1) is 7.52. The Kier molecular flexibility index (Phi) is 3.54. The van der Waals surface area contributed by atoms with Gasteiger partial charge in [-0.2, -0.15) is 0 Å². The van der Waals surface area contributed by atoms with E-state index in [1.807, 2.05) is 0 Å². The monoisotopic (exact) mass is 224 g/mol. The Morgan fingerprint density at radius 2 is 2.00 bits per heavy atom. The lowest BCUT2D eigenvalue weighted by molar-refractivity contribution is -0.385. The number of nitrogens with zero attached hydrogens (tertiary/aromatic N) is 1. The zero-order valence-electron chi connectivity index (χ0n) is 8.08. The molecule has 7 nitrogen and oxygen atoms in total. The van der Waals surface area contributed by atoms with Crippen molar-refractivity contribution in [3.63, 3.8) is 0 Å². The number of ether oxygens (including phenoxy) is 1. The quantitative estimate of drug-likeness (QED) is 0.447. The minimum Gasteiger partial charge on any atom is -0.452 e. The van der Waals surface area contributed by atoms with Gasteiger partial charge in [0.15, 0.2) is 6.61 Å². The molecule has 7 heteroatoms. The van der Waals surface area contributed by atoms with Gasteiger partial charge in [0.25, 0.3) is 11.6 Å². The van der Waals surface area contributed by atoms with Crippen LogP contribution in [0.15, 0.2) is 24.3 Å². The molecular formula is C9H8N2O5. The van der Waals surface area contributed by atoms with E-state index in [1.165, 1.54) is 24.3 Å². The third-order valence-corrected chi connectivity index (χ3v) is 1.67. The fourth-order valence-electron chi connectivity index (χ4n) is 1.02. The van der Waals surface area contributed by atoms with Crippen LogP contribution in [-0.4, -0.2) is 23.4 Å². The fraction of sp³-hybridized carbons (Fsp3) is 0.111. The Bertz CT molecular complexity index is 443. The highest BCUT2D eigenvalue weighted by Crippen LogP contribution is 2.18. The van der Waals surface area contributed by atoms with Crippen LogP contribution in [0.1, 0.15) is 10.4 Å². The van der Waals surface area contributed by atoms with Gasteiger partial charge in [0.2, 0.25) is 0 Å². The average molecular weight is 224 g/mol. The molecule has 2 N–H and O–H groups in total. The minimum absolute atomic E-state index is 0.214. The standard InChI is InChI=1S/C9H8N2O5/c10-8(12)5-16-9(13)6-3-1-2-4-7(6)11(14)15/h1-4H,5H2,(H2,10,12). The van der Waals surface area contributed by atoms with E-state index in [1.54, 1.807) is 0 Å². The normalized spacial score (nSPS) is 9.50. The Morgan fingerprint density at radius 3 is 2.56 bits per heavy atom. The number of primary amides is 1. The molecule has 0 aliphatic heterocycles. The number of nitrogens with two attached hydrogens (primary N) is 1. The second-order valence-corrected chi connectivity index (χ2v) is 2.82. The number of rotatable bonds is 4. The number of benzene rings is 1. The molecule has 0 heterocycles. The van der Waals surface area contributed by atoms with Crippen LogP contribution in [0.5, 0.6) is 0 Å². The largest absolute Gasteiger partial charge is 0.452 e. The summed E-state index contributed by atoms with van der Waals surface area (Å²) in [6.07, 6.45) is 0. The van der Waals surface area contributed by atoms with Crippen molar-refractivity contribution in [3.8, 4) is 0 Å². The summed E-state index contributed by atoms with van der Waals surface area (Å²) in [4.78, 5) is 31.6. The summed E-state index contributed by atoms with van der Waals surface area (Å²) >= 11 is 0. The summed E-state index contributed by atoms with van der Waals surface area (Å²) in [5.74, 6) is -1.78. The number of hydrogen-bond donors (Lipinski definition) is 1. The van der Waals surface area contributed by atoms with Gasteiger partial charge < -0.3 is 10.5 Å². The third kappa shape index (κ3) is 2.77. The van der Waals surface area contributed by atoms with E-state index in [0.29, 0.717) is 0 Å². The molecule has 0 aliphatic carbocycles. The van der Waals surface area contributed by atoms with Crippen LogP contribution in [0, 0.1) is 10.1 Å². The summed E-state index contributed by atoms with van der Waals surface area (Å²) < 4.78 is 4.46. The molecule has 0 unspecified atom stereocenters. The van der Waals surface area contributed by atoms with Crippen LogP contribution < -0.4 is 5.73 Å². The molecule has 0 atom stereocenters. The van der Waals surface area contributed by atoms with Crippen molar-refractivity contribution in [2.75, 3.05) is 6.61 Å². The number of carbonyl (C=O) groups is 2. The lowest BCUT2D eigenvalue weighted by Crippen LogP contribution is -2.21. The molecule has 0 radical (unpaired) electrons. The van der Waals surface area contributed by atoms with Crippen molar-refractivity contribution < 1.29 is 19.2 Å². The molecule has 0 fully saturated rings. The van der Waals surface area contributed by atoms with Crippen LogP contribution in [0.4, 0.5) is 5.69 Å². The molecular weight excluding hydrogens is 216 g/mol. The highest BCUT2D eigenvalue weighted by atomic mass is 16.6. The number of nitro groups is 1. The summed E-state index contributed by atoms with van der Waals surface area (Å²) in [6, 6.07) is 5.28. The maximum absolute atomic E-state index is 11.3. The molecule has 16 heavy (non-hydrogen) atoms. The molecule has 1 rings (SSSR count). The molecule has 0 aromatic heterocycles. The van der Waals surface area contributed by atoms with Crippen molar-refractivity contribution in [1.82, 2.24) is 0 Å². The molecule has 0 saturated carbocycles. The minimum atomic E-state index is -0.953. The Hall–Kier alpha value is -2.44. The average Bonchev–Trinajstić information content (AvgIpc) is 2.25. The van der Waals surface area contributed by atoms with Gasteiger partial charge in [0.1, 0.15) is 5.56 Å². The van der Waals surface area contributed by atoms with Gasteiger partial charge in [-0.1, -0.05) is 12.1 Å². The van der Waals surface area contributed by atoms with Crippen LogP contribution in [0.2, 0.25) is 0 Å². The lowest BCUT2D eigenvalue weighted by atomic mass is 10.2. The Labute approximate surface area is 90.0 Å². The van der Waals surface area contributed by atoms with Gasteiger partial charge >= 0.3 is 5.97 Å². The fourth-order valence-corrected chi connectivity index (χ4v) is 1.02. The second kappa shape index (κ2) is 4.87. The molecule has 0 saturated heterocycles. The lowest BCUT2D eigenvalue weighted by Gasteiger charge is -2.02. The number of nitro benzene ring substituents is 1. The molecule has 1 aromatic carbocycles. The summed E-state index contributed by atoms with van der Waals surface area (Å²) in [5, 5.41) is 10.6. The number of amides is 1. The van der Waals surface area contributed by atoms with E-state index < -0.39 is 23.4 Å². The maximum atomic E-state index is 11.3. The summed E-state index contributed by atoms with van der Waals surface area (Å²) in [5.41, 5.74) is 4.17. The molecule has 84 valence electrons. The van der Waals surface area contributed by atoms with E-state index in [0.717, 1.165) is 0 Å². The van der Waals surface area contributed by atoms with Crippen molar-refractivity contribution in [3.05, 3.63) is 39.9 Å². The highest BCUT2D eigenvalue weighted by molar-refractivity contribution is 5.95. The summed E-state index contributed by atoms with van der Waals surface area (Å²) in [6.45, 7) is -0.606. The van der Waals surface area contributed by atoms with E-state index in [4.69, 9.17) is 5.73 Å². The third-order valence-electron chi connectivity index (χ3n) is 1.67. The van der Waals surface area contributed by atoms with E-state index in [-0.39, 0.29) is 11.3 Å². The van der Waals surface area contributed by atoms with Gasteiger partial charge in [0.05, 0.1) is 4.92 Å². The van der Waals surface area contributed by atoms with Gasteiger partial charge in [-0.25, -0.2) is 4.79 Å². The van der Waals surface area contributed by atoms with E-state index in [9.17, 15) is 19.7 Å². The Morgan fingerprint density at radius 1 is 1.38 bits per heavy atom. The topological polar surface area (TPSA) is 113 Å². The van der Waals surface area contributed by atoms with Crippen molar-refractivity contribution in [1.29, 1.82) is 0 Å². The zero-order chi connectivity index (χ0) is 12.1. The van der Waals surface area contributed by atoms with Gasteiger partial charge in [-0.05, 0) is 6.07 Å².